The van der Waals surface area contributed by atoms with Crippen molar-refractivity contribution in [3.05, 3.63) is 22.7 Å². The van der Waals surface area contributed by atoms with Crippen LogP contribution in [0.2, 0.25) is 0 Å². The number of ether oxygens (including phenoxy) is 2. The summed E-state index contributed by atoms with van der Waals surface area (Å²) in [7, 11) is 0. The molecule has 2 atom stereocenters. The predicted molar refractivity (Wildman–Crippen MR) is 79.0 cm³/mol. The van der Waals surface area contributed by atoms with Crippen LogP contribution in [0.3, 0.4) is 0 Å². The highest BCUT2D eigenvalue weighted by Gasteiger charge is 2.29. The van der Waals surface area contributed by atoms with Gasteiger partial charge in [0.2, 0.25) is 5.95 Å². The second kappa shape index (κ2) is 6.17. The normalized spacial score (nSPS) is 21.8. The maximum absolute atomic E-state index is 13.6. The van der Waals surface area contributed by atoms with Crippen molar-refractivity contribution in [2.45, 2.75) is 25.5 Å². The predicted octanol–water partition coefficient (Wildman–Crippen LogP) is 1.76. The third kappa shape index (κ3) is 3.05. The molecule has 2 aromatic heterocycles. The average Bonchev–Trinajstić information content (AvgIpc) is 2.75. The summed E-state index contributed by atoms with van der Waals surface area (Å²) in [6.45, 7) is 2.23. The van der Waals surface area contributed by atoms with E-state index >= 15 is 0 Å². The summed E-state index contributed by atoms with van der Waals surface area (Å²) in [6, 6.07) is 1.17. The van der Waals surface area contributed by atoms with Gasteiger partial charge in [-0.25, -0.2) is 13.9 Å². The Morgan fingerprint density at radius 3 is 3.23 bits per heavy atom. The summed E-state index contributed by atoms with van der Waals surface area (Å²) in [6.07, 6.45) is 1.64. The first-order chi connectivity index (χ1) is 10.5. The minimum Gasteiger partial charge on any atom is -0.458 e. The molecule has 1 aliphatic rings. The molecule has 0 spiro atoms. The van der Waals surface area contributed by atoms with Crippen molar-refractivity contribution >= 4 is 33.4 Å². The van der Waals surface area contributed by atoms with Crippen LogP contribution in [0.1, 0.15) is 13.3 Å². The van der Waals surface area contributed by atoms with E-state index in [4.69, 9.17) is 9.47 Å². The maximum Gasteiger partial charge on any atom is 0.303 e. The van der Waals surface area contributed by atoms with Gasteiger partial charge in [0.1, 0.15) is 16.2 Å². The molecule has 2 unspecified atom stereocenters. The smallest absolute Gasteiger partial charge is 0.303 e. The molecule has 1 aliphatic heterocycles. The number of anilines is 1. The molecule has 3 heterocycles. The number of hydrogen-bond donors (Lipinski definition) is 1. The number of carbonyl (C=O) groups excluding carboxylic acids is 1. The van der Waals surface area contributed by atoms with E-state index in [-0.39, 0.29) is 17.5 Å². The number of aromatic nitrogens is 3. The molecule has 0 aromatic carbocycles. The van der Waals surface area contributed by atoms with Crippen molar-refractivity contribution in [3.8, 4) is 0 Å². The third-order valence-electron chi connectivity index (χ3n) is 3.36. The van der Waals surface area contributed by atoms with E-state index in [0.717, 1.165) is 0 Å². The lowest BCUT2D eigenvalue weighted by molar-refractivity contribution is -0.153. The lowest BCUT2D eigenvalue weighted by Crippen LogP contribution is -2.44. The van der Waals surface area contributed by atoms with Crippen molar-refractivity contribution in [2.75, 3.05) is 18.5 Å². The highest BCUT2D eigenvalue weighted by atomic mass is 79.9. The molecule has 9 heteroatoms. The summed E-state index contributed by atoms with van der Waals surface area (Å²) in [4.78, 5) is 15.2. The topological polar surface area (TPSA) is 77.8 Å². The number of carbonyl (C=O) groups is 1. The van der Waals surface area contributed by atoms with Gasteiger partial charge in [0.05, 0.1) is 18.8 Å². The molecule has 1 N–H and O–H groups in total. The molecule has 0 saturated carbocycles. The van der Waals surface area contributed by atoms with Crippen LogP contribution >= 0.6 is 15.9 Å². The van der Waals surface area contributed by atoms with E-state index in [1.54, 1.807) is 0 Å². The third-order valence-corrected chi connectivity index (χ3v) is 3.93. The van der Waals surface area contributed by atoms with Gasteiger partial charge >= 0.3 is 5.97 Å². The van der Waals surface area contributed by atoms with Gasteiger partial charge in [0, 0.05) is 19.6 Å². The van der Waals surface area contributed by atoms with E-state index in [1.165, 1.54) is 23.7 Å². The molecule has 7 nitrogen and oxygen atoms in total. The number of nitrogens with one attached hydrogen (secondary N) is 1. The zero-order chi connectivity index (χ0) is 15.7. The molecule has 1 saturated heterocycles. The van der Waals surface area contributed by atoms with Gasteiger partial charge in [-0.05, 0) is 22.4 Å². The molecular weight excluding hydrogens is 359 g/mol. The second-order valence-electron chi connectivity index (χ2n) is 4.96. The average molecular weight is 373 g/mol. The summed E-state index contributed by atoms with van der Waals surface area (Å²) in [5, 5.41) is 7.35. The molecule has 118 valence electrons. The van der Waals surface area contributed by atoms with Crippen LogP contribution in [0.4, 0.5) is 10.3 Å². The number of hydrogen-bond acceptors (Lipinski definition) is 6. The zero-order valence-electron chi connectivity index (χ0n) is 11.8. The van der Waals surface area contributed by atoms with Gasteiger partial charge in [-0.2, -0.15) is 0 Å². The molecule has 0 amide bonds. The van der Waals surface area contributed by atoms with Crippen LogP contribution in [0.25, 0.3) is 5.52 Å². The largest absolute Gasteiger partial charge is 0.458 e. The van der Waals surface area contributed by atoms with Crippen molar-refractivity contribution in [3.63, 3.8) is 0 Å². The molecule has 0 aliphatic carbocycles. The maximum atomic E-state index is 13.6. The van der Waals surface area contributed by atoms with Crippen LogP contribution in [-0.4, -0.2) is 45.9 Å². The first kappa shape index (κ1) is 15.2. The molecule has 0 radical (unpaired) electrons. The summed E-state index contributed by atoms with van der Waals surface area (Å²) < 4.78 is 26.0. The quantitative estimate of drug-likeness (QED) is 0.827. The van der Waals surface area contributed by atoms with Gasteiger partial charge in [-0.1, -0.05) is 0 Å². The Kier molecular flexibility index (Phi) is 4.25. The lowest BCUT2D eigenvalue weighted by Gasteiger charge is -2.31. The van der Waals surface area contributed by atoms with Crippen LogP contribution in [0.15, 0.2) is 16.9 Å². The van der Waals surface area contributed by atoms with E-state index < -0.39 is 11.9 Å². The van der Waals surface area contributed by atoms with Crippen LogP contribution in [-0.2, 0) is 14.3 Å². The monoisotopic (exact) mass is 372 g/mol. The number of rotatable bonds is 3. The van der Waals surface area contributed by atoms with Crippen LogP contribution in [0, 0.1) is 5.82 Å². The minimum absolute atomic E-state index is 0.158. The SMILES string of the molecule is CC(=O)OC1COCCC1Nc1ncc2c(F)cc(Br)n2n1. The van der Waals surface area contributed by atoms with Crippen molar-refractivity contribution < 1.29 is 18.7 Å². The Morgan fingerprint density at radius 2 is 2.45 bits per heavy atom. The van der Waals surface area contributed by atoms with E-state index in [2.05, 4.69) is 31.3 Å². The van der Waals surface area contributed by atoms with E-state index in [0.29, 0.717) is 30.2 Å². The van der Waals surface area contributed by atoms with Gasteiger partial charge in [0.25, 0.3) is 0 Å². The molecule has 0 bridgehead atoms. The van der Waals surface area contributed by atoms with Gasteiger partial charge in [-0.15, -0.1) is 5.10 Å². The summed E-state index contributed by atoms with van der Waals surface area (Å²) in [5.74, 6) is -0.441. The Balaban J connectivity index is 1.81. The molecule has 2 aromatic rings. The van der Waals surface area contributed by atoms with Crippen molar-refractivity contribution in [1.82, 2.24) is 14.6 Å². The molecular formula is C13H14BrFN4O3. The molecule has 1 fully saturated rings. The number of nitrogens with zero attached hydrogens (tertiary/aromatic N) is 3. The zero-order valence-corrected chi connectivity index (χ0v) is 13.3. The summed E-state index contributed by atoms with van der Waals surface area (Å²) in [5.41, 5.74) is 0.279. The highest BCUT2D eigenvalue weighted by Crippen LogP contribution is 2.20. The van der Waals surface area contributed by atoms with Crippen molar-refractivity contribution in [2.24, 2.45) is 0 Å². The fourth-order valence-corrected chi connectivity index (χ4v) is 2.83. The first-order valence-corrected chi connectivity index (χ1v) is 7.55. The standard InChI is InChI=1S/C13H14BrFN4O3/c1-7(20)22-11-6-21-3-2-9(11)17-13-16-5-10-8(15)4-12(14)19(10)18-13/h4-5,9,11H,2-3,6H2,1H3,(H,17,18). The molecule has 22 heavy (non-hydrogen) atoms. The van der Waals surface area contributed by atoms with Crippen LogP contribution in [0.5, 0.6) is 0 Å². The van der Waals surface area contributed by atoms with Crippen molar-refractivity contribution in [1.29, 1.82) is 0 Å². The Morgan fingerprint density at radius 1 is 1.64 bits per heavy atom. The number of esters is 1. The minimum atomic E-state index is -0.407. The Labute approximate surface area is 133 Å². The van der Waals surface area contributed by atoms with Crippen LogP contribution < -0.4 is 5.32 Å². The number of halogens is 2. The second-order valence-corrected chi connectivity index (χ2v) is 5.77. The van der Waals surface area contributed by atoms with E-state index in [9.17, 15) is 9.18 Å². The summed E-state index contributed by atoms with van der Waals surface area (Å²) >= 11 is 3.24. The fourth-order valence-electron chi connectivity index (χ4n) is 2.35. The fraction of sp³-hybridized carbons (Fsp3) is 0.462. The molecule has 3 rings (SSSR count). The van der Waals surface area contributed by atoms with Gasteiger partial charge in [0.15, 0.2) is 5.82 Å². The van der Waals surface area contributed by atoms with Gasteiger partial charge in [-0.3, -0.25) is 4.79 Å². The first-order valence-electron chi connectivity index (χ1n) is 6.76. The Bertz CT molecular complexity index is 708. The van der Waals surface area contributed by atoms with E-state index in [1.807, 2.05) is 0 Å². The lowest BCUT2D eigenvalue weighted by atomic mass is 10.1. The highest BCUT2D eigenvalue weighted by molar-refractivity contribution is 9.10. The Hall–Kier alpha value is -1.74. The van der Waals surface area contributed by atoms with Gasteiger partial charge < -0.3 is 14.8 Å². The number of fused-ring (bicyclic) bond motifs is 1.